The Kier molecular flexibility index (Phi) is 4.42. The van der Waals surface area contributed by atoms with Gasteiger partial charge in [-0.15, -0.1) is 0 Å². The molecule has 3 amide bonds. The molecule has 2 N–H and O–H groups in total. The van der Waals surface area contributed by atoms with Crippen molar-refractivity contribution < 1.29 is 14.4 Å². The summed E-state index contributed by atoms with van der Waals surface area (Å²) in [6, 6.07) is -0.0210. The minimum atomic E-state index is -0.355. The summed E-state index contributed by atoms with van der Waals surface area (Å²) in [5.41, 5.74) is 0.693. The van der Waals surface area contributed by atoms with Gasteiger partial charge in [-0.1, -0.05) is 6.92 Å². The summed E-state index contributed by atoms with van der Waals surface area (Å²) in [6.45, 7) is 3.85. The first kappa shape index (κ1) is 17.1. The predicted octanol–water partition coefficient (Wildman–Crippen LogP) is 0.526. The Bertz CT molecular complexity index is 704. The van der Waals surface area contributed by atoms with Gasteiger partial charge in [0.1, 0.15) is 0 Å². The van der Waals surface area contributed by atoms with Gasteiger partial charge in [-0.2, -0.15) is 5.10 Å². The second-order valence-electron chi connectivity index (χ2n) is 7.81. The molecule has 8 nitrogen and oxygen atoms in total. The number of likely N-dealkylation sites (tertiary alicyclic amines) is 1. The molecule has 1 aromatic rings. The summed E-state index contributed by atoms with van der Waals surface area (Å²) in [5, 5.41) is 9.61. The number of carbonyl (C=O) groups is 3. The van der Waals surface area contributed by atoms with Crippen LogP contribution in [0.2, 0.25) is 0 Å². The fourth-order valence-corrected chi connectivity index (χ4v) is 4.04. The molecule has 0 spiro atoms. The van der Waals surface area contributed by atoms with E-state index >= 15 is 0 Å². The van der Waals surface area contributed by atoms with Gasteiger partial charge < -0.3 is 15.1 Å². The molecule has 4 rings (SSSR count). The van der Waals surface area contributed by atoms with Crippen LogP contribution >= 0.6 is 0 Å². The Labute approximate surface area is 152 Å². The third kappa shape index (κ3) is 3.32. The second kappa shape index (κ2) is 6.74. The maximum atomic E-state index is 12.6. The molecule has 1 aliphatic carbocycles. The van der Waals surface area contributed by atoms with Gasteiger partial charge in [0.25, 0.3) is 0 Å². The molecule has 0 aromatic carbocycles. The van der Waals surface area contributed by atoms with Crippen LogP contribution in [0.1, 0.15) is 32.6 Å². The Morgan fingerprint density at radius 3 is 2.85 bits per heavy atom. The van der Waals surface area contributed by atoms with E-state index in [-0.39, 0.29) is 42.0 Å². The Balaban J connectivity index is 1.32. The number of aromatic amines is 1. The minimum Gasteiger partial charge on any atom is -0.351 e. The van der Waals surface area contributed by atoms with Gasteiger partial charge in [0.05, 0.1) is 17.8 Å². The molecule has 26 heavy (non-hydrogen) atoms. The number of rotatable bonds is 4. The summed E-state index contributed by atoms with van der Waals surface area (Å²) < 4.78 is 0. The Hall–Kier alpha value is -2.38. The lowest BCUT2D eigenvalue weighted by molar-refractivity contribution is -0.135. The number of anilines is 1. The van der Waals surface area contributed by atoms with Gasteiger partial charge in [-0.25, -0.2) is 0 Å². The topological polar surface area (TPSA) is 98.4 Å². The van der Waals surface area contributed by atoms with Crippen molar-refractivity contribution in [1.82, 2.24) is 20.4 Å². The summed E-state index contributed by atoms with van der Waals surface area (Å²) in [5.74, 6) is 0.403. The zero-order chi connectivity index (χ0) is 18.3. The largest absolute Gasteiger partial charge is 0.351 e. The van der Waals surface area contributed by atoms with Crippen molar-refractivity contribution in [3.8, 4) is 0 Å². The molecule has 3 fully saturated rings. The van der Waals surface area contributed by atoms with Crippen LogP contribution in [-0.2, 0) is 14.4 Å². The van der Waals surface area contributed by atoms with Gasteiger partial charge in [0, 0.05) is 44.2 Å². The van der Waals surface area contributed by atoms with Gasteiger partial charge in [-0.05, 0) is 25.2 Å². The predicted molar refractivity (Wildman–Crippen MR) is 94.1 cm³/mol. The summed E-state index contributed by atoms with van der Waals surface area (Å²) >= 11 is 0. The highest BCUT2D eigenvalue weighted by molar-refractivity contribution is 6.00. The average Bonchev–Trinajstić information content (AvgIpc) is 3.03. The van der Waals surface area contributed by atoms with Crippen molar-refractivity contribution in [2.24, 2.45) is 17.8 Å². The first-order chi connectivity index (χ1) is 12.5. The standard InChI is InChI=1S/C18H25N5O3/c1-11-5-15(11)18(26)22-4-2-3-13(10-22)21-17(25)12-6-16(24)23(9-12)14-7-19-20-8-14/h7-8,11-13,15H,2-6,9-10H2,1H3,(H,19,20)(H,21,25)/t11-,12?,13+,15-/m1/s1. The van der Waals surface area contributed by atoms with Gasteiger partial charge in [0.15, 0.2) is 0 Å². The van der Waals surface area contributed by atoms with Crippen molar-refractivity contribution in [2.75, 3.05) is 24.5 Å². The van der Waals surface area contributed by atoms with Gasteiger partial charge in [0.2, 0.25) is 17.7 Å². The molecule has 1 aromatic heterocycles. The van der Waals surface area contributed by atoms with E-state index in [0.717, 1.165) is 25.8 Å². The van der Waals surface area contributed by atoms with E-state index in [1.165, 1.54) is 0 Å². The van der Waals surface area contributed by atoms with E-state index in [1.807, 2.05) is 4.90 Å². The fraction of sp³-hybridized carbons (Fsp3) is 0.667. The normalized spacial score (nSPS) is 31.2. The molecule has 0 radical (unpaired) electrons. The van der Waals surface area contributed by atoms with Crippen molar-refractivity contribution in [3.05, 3.63) is 12.4 Å². The molecule has 1 saturated carbocycles. The van der Waals surface area contributed by atoms with Gasteiger partial charge >= 0.3 is 0 Å². The smallest absolute Gasteiger partial charge is 0.227 e. The molecular weight excluding hydrogens is 334 g/mol. The Morgan fingerprint density at radius 1 is 1.35 bits per heavy atom. The summed E-state index contributed by atoms with van der Waals surface area (Å²) in [7, 11) is 0. The number of H-pyrrole nitrogens is 1. The van der Waals surface area contributed by atoms with Gasteiger partial charge in [-0.3, -0.25) is 19.5 Å². The van der Waals surface area contributed by atoms with Crippen LogP contribution in [0.15, 0.2) is 12.4 Å². The Morgan fingerprint density at radius 2 is 2.15 bits per heavy atom. The third-order valence-corrected chi connectivity index (χ3v) is 5.80. The minimum absolute atomic E-state index is 0.0210. The van der Waals surface area contributed by atoms with E-state index in [2.05, 4.69) is 22.4 Å². The summed E-state index contributed by atoms with van der Waals surface area (Å²) in [4.78, 5) is 40.7. The van der Waals surface area contributed by atoms with E-state index in [4.69, 9.17) is 0 Å². The highest BCUT2D eigenvalue weighted by Gasteiger charge is 2.43. The van der Waals surface area contributed by atoms with Crippen molar-refractivity contribution in [3.63, 3.8) is 0 Å². The molecule has 140 valence electrons. The lowest BCUT2D eigenvalue weighted by Gasteiger charge is -2.34. The molecular formula is C18H25N5O3. The fourth-order valence-electron chi connectivity index (χ4n) is 4.04. The van der Waals surface area contributed by atoms with Crippen LogP contribution in [0.5, 0.6) is 0 Å². The second-order valence-corrected chi connectivity index (χ2v) is 7.81. The number of amides is 3. The van der Waals surface area contributed by atoms with Crippen molar-refractivity contribution >= 4 is 23.4 Å². The monoisotopic (exact) mass is 359 g/mol. The first-order valence-electron chi connectivity index (χ1n) is 9.41. The van der Waals surface area contributed by atoms with Crippen LogP contribution in [0.4, 0.5) is 5.69 Å². The zero-order valence-electron chi connectivity index (χ0n) is 15.0. The maximum absolute atomic E-state index is 12.6. The number of nitrogens with zero attached hydrogens (tertiary/aromatic N) is 3. The average molecular weight is 359 g/mol. The molecule has 2 saturated heterocycles. The lowest BCUT2D eigenvalue weighted by atomic mass is 10.0. The summed E-state index contributed by atoms with van der Waals surface area (Å²) in [6.07, 6.45) is 6.22. The molecule has 8 heteroatoms. The highest BCUT2D eigenvalue weighted by atomic mass is 16.2. The molecule has 2 aliphatic heterocycles. The number of aromatic nitrogens is 2. The SMILES string of the molecule is C[C@@H]1C[C@H]1C(=O)N1CCC[C@H](NC(=O)C2CC(=O)N(c3cn[nH]c3)C2)C1. The molecule has 0 bridgehead atoms. The number of carbonyl (C=O) groups excluding carboxylic acids is 3. The van der Waals surface area contributed by atoms with E-state index < -0.39 is 0 Å². The highest BCUT2D eigenvalue weighted by Crippen LogP contribution is 2.39. The van der Waals surface area contributed by atoms with Crippen molar-refractivity contribution in [1.29, 1.82) is 0 Å². The molecule has 4 atom stereocenters. The van der Waals surface area contributed by atoms with Crippen LogP contribution < -0.4 is 10.2 Å². The van der Waals surface area contributed by atoms with Crippen LogP contribution in [-0.4, -0.2) is 58.5 Å². The quantitative estimate of drug-likeness (QED) is 0.819. The maximum Gasteiger partial charge on any atom is 0.227 e. The number of hydrogen-bond donors (Lipinski definition) is 2. The third-order valence-electron chi connectivity index (χ3n) is 5.80. The van der Waals surface area contributed by atoms with E-state index in [9.17, 15) is 14.4 Å². The zero-order valence-corrected chi connectivity index (χ0v) is 15.0. The van der Waals surface area contributed by atoms with Crippen LogP contribution in [0, 0.1) is 17.8 Å². The molecule has 3 heterocycles. The van der Waals surface area contributed by atoms with Crippen molar-refractivity contribution in [2.45, 2.75) is 38.6 Å². The molecule has 1 unspecified atom stereocenters. The van der Waals surface area contributed by atoms with E-state index in [1.54, 1.807) is 17.3 Å². The lowest BCUT2D eigenvalue weighted by Crippen LogP contribution is -2.51. The van der Waals surface area contributed by atoms with Crippen LogP contribution in [0.25, 0.3) is 0 Å². The number of nitrogens with one attached hydrogen (secondary N) is 2. The first-order valence-corrected chi connectivity index (χ1v) is 9.41. The number of hydrogen-bond acceptors (Lipinski definition) is 4. The number of piperidine rings is 1. The van der Waals surface area contributed by atoms with E-state index in [0.29, 0.717) is 24.7 Å². The molecule has 3 aliphatic rings. The van der Waals surface area contributed by atoms with Crippen LogP contribution in [0.3, 0.4) is 0 Å².